The molecule has 29 heavy (non-hydrogen) atoms. The second-order valence-electron chi connectivity index (χ2n) is 6.44. The van der Waals surface area contributed by atoms with Crippen LogP contribution in [0.4, 0.5) is 18.9 Å². The van der Waals surface area contributed by atoms with E-state index in [1.165, 1.54) is 35.2 Å². The van der Waals surface area contributed by atoms with Crippen LogP contribution in [-0.2, 0) is 10.0 Å². The monoisotopic (exact) mass is 429 g/mol. The number of rotatable bonds is 3. The number of amidine groups is 1. The summed E-state index contributed by atoms with van der Waals surface area (Å²) in [7, 11) is -3.97. The van der Waals surface area contributed by atoms with Crippen LogP contribution in [0.2, 0.25) is 0 Å². The number of hydrogen-bond acceptors (Lipinski definition) is 7. The Balaban J connectivity index is 1.79. The minimum absolute atomic E-state index is 0.0127. The van der Waals surface area contributed by atoms with Crippen molar-refractivity contribution in [1.29, 1.82) is 0 Å². The molecule has 1 atom stereocenters. The molecule has 0 radical (unpaired) electrons. The molecule has 1 unspecified atom stereocenters. The highest BCUT2D eigenvalue weighted by Crippen LogP contribution is 2.41. The molecule has 0 saturated heterocycles. The molecule has 2 aliphatic rings. The number of aliphatic imine (C=N–C) groups is 1. The molecule has 0 bridgehead atoms. The molecule has 154 valence electrons. The number of ether oxygens (including phenoxy) is 2. The van der Waals surface area contributed by atoms with E-state index in [9.17, 15) is 26.7 Å². The smallest absolute Gasteiger partial charge is 0.440 e. The number of primary sulfonamides is 1. The lowest BCUT2D eigenvalue weighted by Gasteiger charge is -2.25. The average molecular weight is 429 g/mol. The molecule has 0 spiro atoms. The van der Waals surface area contributed by atoms with Crippen LogP contribution in [0.3, 0.4) is 0 Å². The molecule has 2 aliphatic heterocycles. The molecule has 12 heteroatoms. The van der Waals surface area contributed by atoms with Crippen molar-refractivity contribution in [2.45, 2.75) is 16.8 Å². The van der Waals surface area contributed by atoms with Crippen LogP contribution in [0.1, 0.15) is 5.56 Å². The average Bonchev–Trinajstić information content (AvgIpc) is 3.25. The number of nitrogens with two attached hydrogens (primary N) is 1. The Morgan fingerprint density at radius 3 is 2.38 bits per heavy atom. The van der Waals surface area contributed by atoms with Crippen LogP contribution in [0, 0.1) is 0 Å². The van der Waals surface area contributed by atoms with Crippen molar-refractivity contribution in [3.05, 3.63) is 48.0 Å². The van der Waals surface area contributed by atoms with Gasteiger partial charge in [-0.2, -0.15) is 13.2 Å². The van der Waals surface area contributed by atoms with Gasteiger partial charge >= 0.3 is 6.18 Å². The molecule has 0 aliphatic carbocycles. The largest absolute Gasteiger partial charge is 0.454 e. The lowest BCUT2D eigenvalue weighted by Crippen LogP contribution is -2.47. The standard InChI is InChI=1S/C17H14F3N3O5S/c18-17(19,20)16(24)8-23(11-3-6-13-14(7-11)28-9-27-13)15(22-16)10-1-4-12(5-2-10)29(21,25)26/h1-7,24H,8-9H2,(H2,21,25,26). The van der Waals surface area contributed by atoms with Gasteiger partial charge in [-0.1, -0.05) is 0 Å². The number of sulfonamides is 1. The molecule has 0 aromatic heterocycles. The summed E-state index contributed by atoms with van der Waals surface area (Å²) < 4.78 is 73.6. The first kappa shape index (κ1) is 19.5. The van der Waals surface area contributed by atoms with Crippen LogP contribution in [0.25, 0.3) is 0 Å². The minimum Gasteiger partial charge on any atom is -0.454 e. The van der Waals surface area contributed by atoms with Gasteiger partial charge in [0.2, 0.25) is 16.8 Å². The molecule has 2 aromatic carbocycles. The van der Waals surface area contributed by atoms with E-state index in [4.69, 9.17) is 14.6 Å². The van der Waals surface area contributed by atoms with E-state index in [1.54, 1.807) is 0 Å². The van der Waals surface area contributed by atoms with Crippen molar-refractivity contribution in [3.8, 4) is 11.5 Å². The Morgan fingerprint density at radius 1 is 1.10 bits per heavy atom. The SMILES string of the molecule is NS(=O)(=O)c1ccc(C2=NC(O)(C(F)(F)F)CN2c2ccc3c(c2)OCO3)cc1. The first-order chi connectivity index (χ1) is 13.5. The van der Waals surface area contributed by atoms with Gasteiger partial charge in [0.15, 0.2) is 11.5 Å². The fourth-order valence-electron chi connectivity index (χ4n) is 3.00. The fourth-order valence-corrected chi connectivity index (χ4v) is 3.52. The molecule has 2 heterocycles. The lowest BCUT2D eigenvalue weighted by atomic mass is 10.1. The van der Waals surface area contributed by atoms with Crippen molar-refractivity contribution in [2.75, 3.05) is 18.2 Å². The summed E-state index contributed by atoms with van der Waals surface area (Å²) in [4.78, 5) is 4.49. The highest BCUT2D eigenvalue weighted by atomic mass is 32.2. The predicted octanol–water partition coefficient (Wildman–Crippen LogP) is 1.58. The summed E-state index contributed by atoms with van der Waals surface area (Å²) in [5.74, 6) is 0.591. The quantitative estimate of drug-likeness (QED) is 0.766. The van der Waals surface area contributed by atoms with Gasteiger partial charge in [-0.3, -0.25) is 0 Å². The van der Waals surface area contributed by atoms with Gasteiger partial charge in [-0.15, -0.1) is 0 Å². The van der Waals surface area contributed by atoms with E-state index >= 15 is 0 Å². The van der Waals surface area contributed by atoms with Gasteiger partial charge in [0, 0.05) is 17.3 Å². The third-order valence-corrected chi connectivity index (χ3v) is 5.42. The molecule has 4 rings (SSSR count). The number of fused-ring (bicyclic) bond motifs is 1. The molecule has 0 fully saturated rings. The maximum atomic E-state index is 13.4. The van der Waals surface area contributed by atoms with Gasteiger partial charge in [0.25, 0.3) is 5.72 Å². The first-order valence-corrected chi connectivity index (χ1v) is 9.72. The fraction of sp³-hybridized carbons (Fsp3) is 0.235. The Labute approximate surface area is 163 Å². The van der Waals surface area contributed by atoms with Crippen LogP contribution in [-0.4, -0.2) is 44.6 Å². The molecule has 3 N–H and O–H groups in total. The zero-order valence-electron chi connectivity index (χ0n) is 14.5. The number of aliphatic hydroxyl groups is 1. The summed E-state index contributed by atoms with van der Waals surface area (Å²) in [5.41, 5.74) is -2.89. The molecular weight excluding hydrogens is 415 g/mol. The van der Waals surface area contributed by atoms with Crippen LogP contribution >= 0.6 is 0 Å². The van der Waals surface area contributed by atoms with E-state index in [0.717, 1.165) is 12.1 Å². The van der Waals surface area contributed by atoms with E-state index < -0.39 is 28.5 Å². The van der Waals surface area contributed by atoms with Crippen molar-refractivity contribution in [1.82, 2.24) is 0 Å². The predicted molar refractivity (Wildman–Crippen MR) is 95.3 cm³/mol. The van der Waals surface area contributed by atoms with Crippen LogP contribution < -0.4 is 19.5 Å². The number of benzene rings is 2. The Hall–Kier alpha value is -2.83. The Bertz CT molecular complexity index is 1100. The number of alkyl halides is 3. The maximum Gasteiger partial charge on any atom is 0.440 e. The zero-order valence-corrected chi connectivity index (χ0v) is 15.4. The van der Waals surface area contributed by atoms with Gasteiger partial charge in [0.1, 0.15) is 5.84 Å². The second kappa shape index (κ2) is 6.34. The number of nitrogens with zero attached hydrogens (tertiary/aromatic N) is 2. The van der Waals surface area contributed by atoms with Crippen molar-refractivity contribution in [2.24, 2.45) is 10.1 Å². The van der Waals surface area contributed by atoms with Gasteiger partial charge in [-0.05, 0) is 36.4 Å². The third-order valence-electron chi connectivity index (χ3n) is 4.49. The number of anilines is 1. The summed E-state index contributed by atoms with van der Waals surface area (Å²) in [6, 6.07) is 9.33. The summed E-state index contributed by atoms with van der Waals surface area (Å²) in [6.45, 7) is -0.899. The van der Waals surface area contributed by atoms with E-state index in [2.05, 4.69) is 4.99 Å². The van der Waals surface area contributed by atoms with Crippen molar-refractivity contribution in [3.63, 3.8) is 0 Å². The van der Waals surface area contributed by atoms with Crippen molar-refractivity contribution >= 4 is 21.5 Å². The number of β-amino-alcohol motifs (C(OH)–C–C–N with tert-alkyl or cyclic N) is 1. The number of hydrogen-bond donors (Lipinski definition) is 2. The molecule has 2 aromatic rings. The lowest BCUT2D eigenvalue weighted by molar-refractivity contribution is -0.249. The van der Waals surface area contributed by atoms with E-state index in [1.807, 2.05) is 0 Å². The van der Waals surface area contributed by atoms with Gasteiger partial charge in [-0.25, -0.2) is 18.5 Å². The topological polar surface area (TPSA) is 114 Å². The zero-order chi connectivity index (χ0) is 21.0. The highest BCUT2D eigenvalue weighted by Gasteiger charge is 2.59. The first-order valence-electron chi connectivity index (χ1n) is 8.17. The van der Waals surface area contributed by atoms with E-state index in [0.29, 0.717) is 11.5 Å². The molecule has 8 nitrogen and oxygen atoms in total. The Kier molecular flexibility index (Phi) is 4.26. The summed E-state index contributed by atoms with van der Waals surface area (Å²) in [6.07, 6.45) is -5.02. The molecular formula is C17H14F3N3O5S. The van der Waals surface area contributed by atoms with E-state index in [-0.39, 0.29) is 28.8 Å². The second-order valence-corrected chi connectivity index (χ2v) is 8.00. The van der Waals surface area contributed by atoms with Crippen LogP contribution in [0.15, 0.2) is 52.4 Å². The van der Waals surface area contributed by atoms with Gasteiger partial charge < -0.3 is 19.5 Å². The normalized spacial score (nSPS) is 21.4. The van der Waals surface area contributed by atoms with Crippen LogP contribution in [0.5, 0.6) is 11.5 Å². The molecule has 0 saturated carbocycles. The Morgan fingerprint density at radius 2 is 1.76 bits per heavy atom. The molecule has 0 amide bonds. The van der Waals surface area contributed by atoms with Crippen molar-refractivity contribution < 1.29 is 36.2 Å². The third kappa shape index (κ3) is 3.39. The maximum absolute atomic E-state index is 13.4. The highest BCUT2D eigenvalue weighted by molar-refractivity contribution is 7.89. The minimum atomic E-state index is -5.02. The summed E-state index contributed by atoms with van der Waals surface area (Å²) in [5, 5.41) is 15.2. The van der Waals surface area contributed by atoms with Gasteiger partial charge in [0.05, 0.1) is 11.4 Å². The summed E-state index contributed by atoms with van der Waals surface area (Å²) >= 11 is 0. The number of halogens is 3.